The van der Waals surface area contributed by atoms with E-state index in [2.05, 4.69) is 0 Å². The average molecular weight is 345 g/mol. The Balaban J connectivity index is 0.00000264. The molecule has 0 saturated carbocycles. The second-order valence-electron chi connectivity index (χ2n) is 5.37. The molecule has 0 spiro atoms. The molecule has 6 nitrogen and oxygen atoms in total. The van der Waals surface area contributed by atoms with Crippen LogP contribution in [0.3, 0.4) is 0 Å². The molecule has 0 radical (unpaired) electrons. The van der Waals surface area contributed by atoms with E-state index in [4.69, 9.17) is 19.9 Å². The summed E-state index contributed by atoms with van der Waals surface area (Å²) in [5.41, 5.74) is 6.92. The fourth-order valence-corrected chi connectivity index (χ4v) is 2.90. The third-order valence-corrected chi connectivity index (χ3v) is 3.99. The lowest BCUT2D eigenvalue weighted by molar-refractivity contribution is -0.134. The standard InChI is InChI=1S/C16H24N2O4.ClH/c1-20-10-12(17)16(19)18-8-4-5-13(18)11-6-7-14(21-2)15(9-11)22-3;/h6-7,9,12-13H,4-5,8,10,17H2,1-3H3;1H. The topological polar surface area (TPSA) is 74.0 Å². The van der Waals surface area contributed by atoms with Crippen LogP contribution in [0.2, 0.25) is 0 Å². The summed E-state index contributed by atoms with van der Waals surface area (Å²) in [5, 5.41) is 0. The van der Waals surface area contributed by atoms with Crippen LogP contribution in [0.1, 0.15) is 24.4 Å². The van der Waals surface area contributed by atoms with Crippen molar-refractivity contribution in [3.63, 3.8) is 0 Å². The monoisotopic (exact) mass is 344 g/mol. The van der Waals surface area contributed by atoms with Gasteiger partial charge in [-0.2, -0.15) is 0 Å². The van der Waals surface area contributed by atoms with Crippen molar-refractivity contribution in [2.24, 2.45) is 5.73 Å². The van der Waals surface area contributed by atoms with Crippen LogP contribution in [0, 0.1) is 0 Å². The molecule has 2 N–H and O–H groups in total. The van der Waals surface area contributed by atoms with E-state index in [-0.39, 0.29) is 31.0 Å². The van der Waals surface area contributed by atoms with Crippen molar-refractivity contribution >= 4 is 18.3 Å². The SMILES string of the molecule is COCC(N)C(=O)N1CCCC1c1ccc(OC)c(OC)c1.Cl. The fraction of sp³-hybridized carbons (Fsp3) is 0.562. The van der Waals surface area contributed by atoms with Gasteiger partial charge in [-0.15, -0.1) is 12.4 Å². The highest BCUT2D eigenvalue weighted by Crippen LogP contribution is 2.37. The highest BCUT2D eigenvalue weighted by atomic mass is 35.5. The highest BCUT2D eigenvalue weighted by molar-refractivity contribution is 5.85. The van der Waals surface area contributed by atoms with Crippen molar-refractivity contribution in [3.05, 3.63) is 23.8 Å². The summed E-state index contributed by atoms with van der Waals surface area (Å²) in [6.45, 7) is 0.948. The van der Waals surface area contributed by atoms with E-state index < -0.39 is 6.04 Å². The minimum Gasteiger partial charge on any atom is -0.493 e. The van der Waals surface area contributed by atoms with Gasteiger partial charge >= 0.3 is 0 Å². The summed E-state index contributed by atoms with van der Waals surface area (Å²) in [4.78, 5) is 14.3. The molecule has 1 saturated heterocycles. The Hall–Kier alpha value is -1.50. The van der Waals surface area contributed by atoms with Crippen LogP contribution in [0.5, 0.6) is 11.5 Å². The summed E-state index contributed by atoms with van der Waals surface area (Å²) in [7, 11) is 4.75. The van der Waals surface area contributed by atoms with E-state index in [9.17, 15) is 4.79 Å². The number of hydrogen-bond donors (Lipinski definition) is 1. The molecule has 1 amide bonds. The summed E-state index contributed by atoms with van der Waals surface area (Å²) in [6.07, 6.45) is 1.88. The highest BCUT2D eigenvalue weighted by Gasteiger charge is 2.33. The van der Waals surface area contributed by atoms with Gasteiger partial charge in [0.25, 0.3) is 0 Å². The summed E-state index contributed by atoms with van der Waals surface area (Å²) >= 11 is 0. The van der Waals surface area contributed by atoms with Gasteiger partial charge in [0.2, 0.25) is 5.91 Å². The fourth-order valence-electron chi connectivity index (χ4n) is 2.90. The smallest absolute Gasteiger partial charge is 0.242 e. The molecular weight excluding hydrogens is 320 g/mol. The Morgan fingerprint density at radius 3 is 2.61 bits per heavy atom. The van der Waals surface area contributed by atoms with Crippen molar-refractivity contribution in [3.8, 4) is 11.5 Å². The number of nitrogens with two attached hydrogens (primary N) is 1. The van der Waals surface area contributed by atoms with Gasteiger partial charge < -0.3 is 24.8 Å². The second-order valence-corrected chi connectivity index (χ2v) is 5.37. The molecule has 0 aliphatic carbocycles. The van der Waals surface area contributed by atoms with E-state index in [1.54, 1.807) is 21.3 Å². The number of nitrogens with zero attached hydrogens (tertiary/aromatic N) is 1. The van der Waals surface area contributed by atoms with Gasteiger partial charge in [0, 0.05) is 13.7 Å². The molecule has 7 heteroatoms. The van der Waals surface area contributed by atoms with Crippen molar-refractivity contribution < 1.29 is 19.0 Å². The molecule has 130 valence electrons. The zero-order valence-electron chi connectivity index (χ0n) is 13.8. The van der Waals surface area contributed by atoms with Gasteiger partial charge in [0.05, 0.1) is 26.9 Å². The molecular formula is C16H25ClN2O4. The summed E-state index contributed by atoms with van der Waals surface area (Å²) < 4.78 is 15.6. The average Bonchev–Trinajstić information content (AvgIpc) is 3.03. The van der Waals surface area contributed by atoms with Gasteiger partial charge in [-0.1, -0.05) is 6.07 Å². The molecule has 2 rings (SSSR count). The predicted molar refractivity (Wildman–Crippen MR) is 90.3 cm³/mol. The zero-order valence-corrected chi connectivity index (χ0v) is 14.6. The van der Waals surface area contributed by atoms with Gasteiger partial charge in [0.15, 0.2) is 11.5 Å². The van der Waals surface area contributed by atoms with Crippen LogP contribution < -0.4 is 15.2 Å². The molecule has 1 aromatic carbocycles. The van der Waals surface area contributed by atoms with Crippen LogP contribution in [-0.2, 0) is 9.53 Å². The Morgan fingerprint density at radius 1 is 1.30 bits per heavy atom. The van der Waals surface area contributed by atoms with Gasteiger partial charge in [-0.3, -0.25) is 4.79 Å². The first-order valence-electron chi connectivity index (χ1n) is 7.39. The number of hydrogen-bond acceptors (Lipinski definition) is 5. The number of methoxy groups -OCH3 is 3. The number of benzene rings is 1. The molecule has 1 aliphatic heterocycles. The number of carbonyl (C=O) groups excluding carboxylic acids is 1. The van der Waals surface area contributed by atoms with Crippen molar-refractivity contribution in [1.82, 2.24) is 4.90 Å². The lowest BCUT2D eigenvalue weighted by Crippen LogP contribution is -2.45. The first kappa shape index (κ1) is 19.5. The normalized spacial score (nSPS) is 18.3. The van der Waals surface area contributed by atoms with Crippen LogP contribution in [0.15, 0.2) is 18.2 Å². The molecule has 23 heavy (non-hydrogen) atoms. The number of ether oxygens (including phenoxy) is 3. The molecule has 1 aliphatic rings. The molecule has 1 fully saturated rings. The molecule has 1 heterocycles. The van der Waals surface area contributed by atoms with Crippen molar-refractivity contribution in [2.75, 3.05) is 34.5 Å². The number of likely N-dealkylation sites (tertiary alicyclic amines) is 1. The summed E-state index contributed by atoms with van der Waals surface area (Å²) in [6, 6.07) is 5.17. The van der Waals surface area contributed by atoms with Crippen LogP contribution in [-0.4, -0.2) is 51.3 Å². The summed E-state index contributed by atoms with van der Waals surface area (Å²) in [5.74, 6) is 1.28. The Bertz CT molecular complexity index is 527. The number of halogens is 1. The maximum atomic E-state index is 12.5. The number of rotatable bonds is 6. The number of amides is 1. The van der Waals surface area contributed by atoms with Gasteiger partial charge in [0.1, 0.15) is 6.04 Å². The van der Waals surface area contributed by atoms with Crippen molar-refractivity contribution in [2.45, 2.75) is 24.9 Å². The molecule has 0 bridgehead atoms. The number of carbonyl (C=O) groups is 1. The zero-order chi connectivity index (χ0) is 16.1. The maximum absolute atomic E-state index is 12.5. The van der Waals surface area contributed by atoms with Gasteiger partial charge in [-0.25, -0.2) is 0 Å². The predicted octanol–water partition coefficient (Wildman–Crippen LogP) is 1.76. The van der Waals surface area contributed by atoms with Gasteiger partial charge in [-0.05, 0) is 30.5 Å². The second kappa shape index (κ2) is 8.96. The van der Waals surface area contributed by atoms with Crippen LogP contribution >= 0.6 is 12.4 Å². The van der Waals surface area contributed by atoms with Crippen LogP contribution in [0.4, 0.5) is 0 Å². The van der Waals surface area contributed by atoms with E-state index >= 15 is 0 Å². The lowest BCUT2D eigenvalue weighted by Gasteiger charge is -2.28. The van der Waals surface area contributed by atoms with E-state index in [1.807, 2.05) is 23.1 Å². The van der Waals surface area contributed by atoms with E-state index in [0.717, 1.165) is 24.9 Å². The minimum absolute atomic E-state index is 0. The molecule has 2 unspecified atom stereocenters. The van der Waals surface area contributed by atoms with E-state index in [0.29, 0.717) is 11.5 Å². The van der Waals surface area contributed by atoms with Crippen molar-refractivity contribution in [1.29, 1.82) is 0 Å². The molecule has 2 atom stereocenters. The quantitative estimate of drug-likeness (QED) is 0.851. The van der Waals surface area contributed by atoms with Crippen LogP contribution in [0.25, 0.3) is 0 Å². The first-order chi connectivity index (χ1) is 10.6. The Labute approximate surface area is 143 Å². The van der Waals surface area contributed by atoms with E-state index in [1.165, 1.54) is 0 Å². The Morgan fingerprint density at radius 2 is 2.00 bits per heavy atom. The minimum atomic E-state index is -0.620. The third kappa shape index (κ3) is 4.28. The molecule has 1 aromatic rings. The third-order valence-electron chi connectivity index (χ3n) is 3.99. The first-order valence-corrected chi connectivity index (χ1v) is 7.39. The Kier molecular flexibility index (Phi) is 7.61. The lowest BCUT2D eigenvalue weighted by atomic mass is 10.0. The largest absolute Gasteiger partial charge is 0.493 e. The molecule has 0 aromatic heterocycles. The maximum Gasteiger partial charge on any atom is 0.242 e.